The molecule has 0 atom stereocenters. The molecular weight excluding hydrogens is 274 g/mol. The van der Waals surface area contributed by atoms with Crippen LogP contribution in [0.25, 0.3) is 0 Å². The molecule has 0 radical (unpaired) electrons. The third kappa shape index (κ3) is 2.65. The quantitative estimate of drug-likeness (QED) is 0.494. The van der Waals surface area contributed by atoms with Crippen molar-refractivity contribution in [1.29, 1.82) is 0 Å². The largest absolute Gasteiger partial charge is 0.350 e. The van der Waals surface area contributed by atoms with Crippen LogP contribution in [0.4, 0.5) is 5.69 Å². The Kier molecular flexibility index (Phi) is 3.38. The maximum Gasteiger partial charge on any atom is 0.350 e. The first-order valence-electron chi connectivity index (χ1n) is 5.04. The van der Waals surface area contributed by atoms with Crippen LogP contribution in [-0.2, 0) is 6.54 Å². The molecule has 0 aliphatic carbocycles. The SMILES string of the molecule is O=C(Cn1cc([N+](=O)[O-])c(=O)[nH]c1=O)c1cccs1. The van der Waals surface area contributed by atoms with Crippen molar-refractivity contribution in [2.75, 3.05) is 0 Å². The molecule has 0 aromatic carbocycles. The normalized spacial score (nSPS) is 10.3. The topological polar surface area (TPSA) is 115 Å². The number of rotatable bonds is 4. The first kappa shape index (κ1) is 12.9. The fourth-order valence-corrected chi connectivity index (χ4v) is 2.07. The van der Waals surface area contributed by atoms with Crippen LogP contribution in [0.1, 0.15) is 9.67 Å². The van der Waals surface area contributed by atoms with Gasteiger partial charge in [-0.2, -0.15) is 0 Å². The highest BCUT2D eigenvalue weighted by atomic mass is 32.1. The van der Waals surface area contributed by atoms with Crippen molar-refractivity contribution in [2.45, 2.75) is 6.54 Å². The molecule has 98 valence electrons. The van der Waals surface area contributed by atoms with Gasteiger partial charge >= 0.3 is 16.9 Å². The van der Waals surface area contributed by atoms with Crippen LogP contribution < -0.4 is 11.2 Å². The molecule has 0 bridgehead atoms. The summed E-state index contributed by atoms with van der Waals surface area (Å²) in [5.74, 6) is -0.363. The van der Waals surface area contributed by atoms with Crippen LogP contribution in [0.3, 0.4) is 0 Å². The van der Waals surface area contributed by atoms with Gasteiger partial charge in [-0.3, -0.25) is 29.3 Å². The van der Waals surface area contributed by atoms with Crippen LogP contribution in [0.2, 0.25) is 0 Å². The standard InChI is InChI=1S/C10H7N3O5S/c14-7(8-2-1-3-19-8)5-12-4-6(13(17)18)9(15)11-10(12)16/h1-4H,5H2,(H,11,15,16). The average molecular weight is 281 g/mol. The molecule has 2 aromatic heterocycles. The van der Waals surface area contributed by atoms with Crippen LogP contribution in [-0.4, -0.2) is 20.3 Å². The fourth-order valence-electron chi connectivity index (χ4n) is 1.42. The molecule has 0 saturated carbocycles. The molecule has 0 unspecified atom stereocenters. The highest BCUT2D eigenvalue weighted by molar-refractivity contribution is 7.12. The summed E-state index contributed by atoms with van der Waals surface area (Å²) in [4.78, 5) is 46.3. The smallest absolute Gasteiger partial charge is 0.291 e. The highest BCUT2D eigenvalue weighted by Crippen LogP contribution is 2.10. The molecule has 0 aliphatic rings. The van der Waals surface area contributed by atoms with Gasteiger partial charge in [0.2, 0.25) is 0 Å². The van der Waals surface area contributed by atoms with Crippen molar-refractivity contribution >= 4 is 22.8 Å². The van der Waals surface area contributed by atoms with Gasteiger partial charge in [-0.05, 0) is 11.4 Å². The Morgan fingerprint density at radius 3 is 2.79 bits per heavy atom. The van der Waals surface area contributed by atoms with Crippen molar-refractivity contribution < 1.29 is 9.72 Å². The Labute approximate surface area is 109 Å². The number of carbonyl (C=O) groups excluding carboxylic acids is 1. The van der Waals surface area contributed by atoms with Crippen LogP contribution >= 0.6 is 11.3 Å². The molecular formula is C10H7N3O5S. The lowest BCUT2D eigenvalue weighted by molar-refractivity contribution is -0.386. The molecule has 1 N–H and O–H groups in total. The van der Waals surface area contributed by atoms with Gasteiger partial charge < -0.3 is 0 Å². The number of aromatic nitrogens is 2. The number of nitrogens with one attached hydrogen (secondary N) is 1. The second-order valence-electron chi connectivity index (χ2n) is 3.56. The third-order valence-electron chi connectivity index (χ3n) is 2.30. The molecule has 0 saturated heterocycles. The summed E-state index contributed by atoms with van der Waals surface area (Å²) in [5, 5.41) is 12.3. The molecule has 0 aliphatic heterocycles. The predicted molar refractivity (Wildman–Crippen MR) is 66.6 cm³/mol. The summed E-state index contributed by atoms with van der Waals surface area (Å²) in [6, 6.07) is 3.26. The number of ketones is 1. The Morgan fingerprint density at radius 2 is 2.21 bits per heavy atom. The van der Waals surface area contributed by atoms with Gasteiger partial charge in [-0.15, -0.1) is 11.3 Å². The maximum atomic E-state index is 11.8. The monoisotopic (exact) mass is 281 g/mol. The van der Waals surface area contributed by atoms with E-state index >= 15 is 0 Å². The molecule has 19 heavy (non-hydrogen) atoms. The van der Waals surface area contributed by atoms with E-state index in [4.69, 9.17) is 0 Å². The Hall–Kier alpha value is -2.55. The lowest BCUT2D eigenvalue weighted by Gasteiger charge is -2.02. The summed E-state index contributed by atoms with van der Waals surface area (Å²) >= 11 is 1.20. The van der Waals surface area contributed by atoms with E-state index in [0.29, 0.717) is 4.88 Å². The molecule has 9 heteroatoms. The summed E-state index contributed by atoms with van der Waals surface area (Å²) in [6.45, 7) is -0.364. The first-order chi connectivity index (χ1) is 8.99. The van der Waals surface area contributed by atoms with Gasteiger partial charge in [0.25, 0.3) is 0 Å². The van der Waals surface area contributed by atoms with Gasteiger partial charge in [0.1, 0.15) is 0 Å². The van der Waals surface area contributed by atoms with E-state index in [9.17, 15) is 24.5 Å². The lowest BCUT2D eigenvalue weighted by Crippen LogP contribution is -2.32. The molecule has 2 aromatic rings. The number of hydrogen-bond donors (Lipinski definition) is 1. The number of Topliss-reactive ketones (excluding diaryl/α,β-unsaturated/α-hetero) is 1. The van der Waals surface area contributed by atoms with Crippen LogP contribution in [0.5, 0.6) is 0 Å². The van der Waals surface area contributed by atoms with E-state index in [1.54, 1.807) is 22.5 Å². The van der Waals surface area contributed by atoms with Crippen molar-refractivity contribution in [3.63, 3.8) is 0 Å². The Balaban J connectivity index is 2.38. The van der Waals surface area contributed by atoms with E-state index in [1.165, 1.54) is 11.3 Å². The van der Waals surface area contributed by atoms with Crippen molar-refractivity contribution in [3.8, 4) is 0 Å². The van der Waals surface area contributed by atoms with Gasteiger partial charge in [0.05, 0.1) is 22.5 Å². The summed E-state index contributed by atoms with van der Waals surface area (Å²) in [6.07, 6.45) is 0.771. The van der Waals surface area contributed by atoms with Crippen LogP contribution in [0, 0.1) is 10.1 Å². The van der Waals surface area contributed by atoms with Gasteiger partial charge in [0.15, 0.2) is 5.78 Å². The number of nitro groups is 1. The van der Waals surface area contributed by atoms with Crippen molar-refractivity contribution in [2.24, 2.45) is 0 Å². The first-order valence-corrected chi connectivity index (χ1v) is 5.92. The summed E-state index contributed by atoms with van der Waals surface area (Å²) < 4.78 is 0.807. The van der Waals surface area contributed by atoms with E-state index in [-0.39, 0.29) is 12.3 Å². The minimum Gasteiger partial charge on any atom is -0.291 e. The number of hydrogen-bond acceptors (Lipinski definition) is 6. The summed E-state index contributed by atoms with van der Waals surface area (Å²) in [5.41, 5.74) is -2.73. The lowest BCUT2D eigenvalue weighted by atomic mass is 10.3. The highest BCUT2D eigenvalue weighted by Gasteiger charge is 2.17. The zero-order chi connectivity index (χ0) is 14.0. The number of nitrogens with zero attached hydrogens (tertiary/aromatic N) is 2. The van der Waals surface area contributed by atoms with Gasteiger partial charge in [0, 0.05) is 0 Å². The van der Waals surface area contributed by atoms with Gasteiger partial charge in [-0.1, -0.05) is 6.07 Å². The van der Waals surface area contributed by atoms with Crippen LogP contribution in [0.15, 0.2) is 33.3 Å². The summed E-state index contributed by atoms with van der Waals surface area (Å²) in [7, 11) is 0. The molecule has 8 nitrogen and oxygen atoms in total. The number of thiophene rings is 1. The third-order valence-corrected chi connectivity index (χ3v) is 3.21. The van der Waals surface area contributed by atoms with E-state index in [1.807, 2.05) is 0 Å². The number of aromatic amines is 1. The van der Waals surface area contributed by atoms with E-state index < -0.39 is 21.9 Å². The zero-order valence-electron chi connectivity index (χ0n) is 9.36. The van der Waals surface area contributed by atoms with E-state index in [0.717, 1.165) is 10.8 Å². The predicted octanol–water partition coefficient (Wildman–Crippen LogP) is 0.389. The number of H-pyrrole nitrogens is 1. The second-order valence-corrected chi connectivity index (χ2v) is 4.51. The molecule has 0 amide bonds. The molecule has 0 spiro atoms. The Morgan fingerprint density at radius 1 is 1.47 bits per heavy atom. The maximum absolute atomic E-state index is 11.8. The second kappa shape index (κ2) is 4.98. The number of carbonyl (C=O) groups is 1. The Bertz CT molecular complexity index is 743. The minimum absolute atomic E-state index is 0.363. The van der Waals surface area contributed by atoms with Gasteiger partial charge in [-0.25, -0.2) is 4.79 Å². The molecule has 0 fully saturated rings. The minimum atomic E-state index is -1.09. The van der Waals surface area contributed by atoms with Crippen molar-refractivity contribution in [1.82, 2.24) is 9.55 Å². The van der Waals surface area contributed by atoms with Crippen molar-refractivity contribution in [3.05, 3.63) is 59.5 Å². The molecule has 2 rings (SSSR count). The zero-order valence-corrected chi connectivity index (χ0v) is 10.2. The average Bonchev–Trinajstić information content (AvgIpc) is 2.85. The van der Waals surface area contributed by atoms with E-state index in [2.05, 4.69) is 0 Å². The fraction of sp³-hybridized carbons (Fsp3) is 0.100. The molecule has 2 heterocycles.